The maximum atomic E-state index is 3.97. The number of aryl methyl sites for hydroxylation is 2. The number of hydrogen-bond donors (Lipinski definition) is 0. The molecule has 134 valence electrons. The summed E-state index contributed by atoms with van der Waals surface area (Å²) < 4.78 is 0. The molecule has 0 aliphatic heterocycles. The normalized spacial score (nSPS) is 8.35. The Labute approximate surface area is 159 Å². The van der Waals surface area contributed by atoms with Crippen LogP contribution in [0, 0.1) is 13.8 Å². The molecule has 0 bridgehead atoms. The summed E-state index contributed by atoms with van der Waals surface area (Å²) in [6, 6.07) is 0. The van der Waals surface area contributed by atoms with Crippen molar-refractivity contribution in [1.29, 1.82) is 0 Å². The minimum atomic E-state index is 0. The Balaban J connectivity index is -0.000000105. The summed E-state index contributed by atoms with van der Waals surface area (Å²) in [5, 5.41) is 19.2. The second-order valence-electron chi connectivity index (χ2n) is 3.97. The predicted molar refractivity (Wildman–Crippen MR) is 98.1 cm³/mol. The molecule has 0 fully saturated rings. The first-order chi connectivity index (χ1) is 10.5. The number of rotatable bonds is 6. The molecule has 1 rings (SSSR count). The molecule has 1 aromatic rings. The Hall–Kier alpha value is -0.266. The average molecular weight is 360 g/mol. The van der Waals surface area contributed by atoms with Gasteiger partial charge < -0.3 is 26.0 Å². The molecule has 0 aliphatic carbocycles. The van der Waals surface area contributed by atoms with Crippen LogP contribution in [0.25, 0.3) is 16.0 Å². The predicted octanol–water partition coefficient (Wildman–Crippen LogP) is 4.25. The van der Waals surface area contributed by atoms with Crippen LogP contribution in [0.1, 0.15) is 53.2 Å². The molecule has 0 saturated carbocycles. The Bertz CT molecular complexity index is 245. The van der Waals surface area contributed by atoms with Crippen LogP contribution in [0.3, 0.4) is 0 Å². The summed E-state index contributed by atoms with van der Waals surface area (Å²) in [6.07, 6.45) is 0. The Morgan fingerprint density at radius 3 is 1.04 bits per heavy atom. The quantitative estimate of drug-likeness (QED) is 0.711. The topological polar surface area (TPSA) is 82.2 Å². The van der Waals surface area contributed by atoms with E-state index < -0.39 is 0 Å². The third-order valence-electron chi connectivity index (χ3n) is 2.00. The van der Waals surface area contributed by atoms with Gasteiger partial charge >= 0.3 is 21.7 Å². The summed E-state index contributed by atoms with van der Waals surface area (Å²) in [4.78, 5) is 3.89. The van der Waals surface area contributed by atoms with Crippen LogP contribution < -0.4 is 5.10 Å². The smallest absolute Gasteiger partial charge is 0.663 e. The van der Waals surface area contributed by atoms with E-state index >= 15 is 0 Å². The van der Waals surface area contributed by atoms with E-state index in [0.29, 0.717) is 0 Å². The van der Waals surface area contributed by atoms with Crippen molar-refractivity contribution < 1.29 is 21.7 Å². The fraction of sp³-hybridized carbons (Fsp3) is 0.875. The zero-order valence-corrected chi connectivity index (χ0v) is 18.0. The van der Waals surface area contributed by atoms with Crippen LogP contribution in [0.5, 0.6) is 0 Å². The first-order valence-electron chi connectivity index (χ1n) is 8.23. The molecule has 0 saturated heterocycles. The van der Waals surface area contributed by atoms with E-state index in [-0.39, 0.29) is 21.7 Å². The van der Waals surface area contributed by atoms with Crippen LogP contribution in [-0.4, -0.2) is 49.4 Å². The van der Waals surface area contributed by atoms with Crippen molar-refractivity contribution in [2.24, 2.45) is 0 Å². The molecule has 1 aromatic heterocycles. The van der Waals surface area contributed by atoms with Gasteiger partial charge in [0, 0.05) is 5.82 Å². The fourth-order valence-corrected chi connectivity index (χ4v) is 1.09. The van der Waals surface area contributed by atoms with Crippen molar-refractivity contribution >= 4 is 0 Å². The molecule has 23 heavy (non-hydrogen) atoms. The van der Waals surface area contributed by atoms with Crippen LogP contribution in [-0.2, 0) is 21.7 Å². The first-order valence-corrected chi connectivity index (χ1v) is 8.23. The van der Waals surface area contributed by atoms with E-state index in [0.717, 1.165) is 50.9 Å². The van der Waals surface area contributed by atoms with Crippen LogP contribution >= 0.6 is 0 Å². The Kier molecular flexibility index (Phi) is 39.5. The van der Waals surface area contributed by atoms with Gasteiger partial charge in [0.15, 0.2) is 0 Å². The second kappa shape index (κ2) is 29.7. The SMILES string of the molecule is CC[N-]CC.CC[N-]CC.CC[N-]CC.Cc1n[n-]c(C)n1.[Ti+4]. The average Bonchev–Trinajstić information content (AvgIpc) is 2.87. The minimum absolute atomic E-state index is 0. The molecule has 0 atom stereocenters. The van der Waals surface area contributed by atoms with Gasteiger partial charge in [-0.1, -0.05) is 47.4 Å². The molecular formula is C16H36N6Ti. The standard InChI is InChI=1S/C4H6N3.3C4H10N.Ti/c1-3-5-4(2)7-6-3;3*1-3-5-4-2;/h1-2H3;3*3-4H2,1-2H3;/q4*-1;+4. The van der Waals surface area contributed by atoms with Gasteiger partial charge in [0.1, 0.15) is 0 Å². The van der Waals surface area contributed by atoms with Crippen molar-refractivity contribution in [1.82, 2.24) is 15.2 Å². The summed E-state index contributed by atoms with van der Waals surface area (Å²) in [6.45, 7) is 21.7. The fourth-order valence-electron chi connectivity index (χ4n) is 1.09. The van der Waals surface area contributed by atoms with Crippen LogP contribution in [0.15, 0.2) is 0 Å². The maximum absolute atomic E-state index is 3.97. The molecule has 7 heteroatoms. The van der Waals surface area contributed by atoms with Gasteiger partial charge in [-0.15, -0.1) is 0 Å². The van der Waals surface area contributed by atoms with Crippen molar-refractivity contribution in [2.75, 3.05) is 39.3 Å². The van der Waals surface area contributed by atoms with Crippen molar-refractivity contribution in [3.63, 3.8) is 0 Å². The summed E-state index contributed by atoms with van der Waals surface area (Å²) in [5.41, 5.74) is 0. The third-order valence-corrected chi connectivity index (χ3v) is 2.00. The van der Waals surface area contributed by atoms with E-state index in [4.69, 9.17) is 0 Å². The number of nitrogens with zero attached hydrogens (tertiary/aromatic N) is 6. The number of aromatic nitrogens is 3. The molecule has 6 nitrogen and oxygen atoms in total. The maximum Gasteiger partial charge on any atom is 4.00 e. The summed E-state index contributed by atoms with van der Waals surface area (Å²) >= 11 is 0. The molecule has 0 spiro atoms. The first kappa shape index (κ1) is 30.6. The third kappa shape index (κ3) is 39.0. The molecule has 1 heterocycles. The van der Waals surface area contributed by atoms with Gasteiger partial charge in [-0.3, -0.25) is 5.10 Å². The molecule has 0 radical (unpaired) electrons. The van der Waals surface area contributed by atoms with Crippen LogP contribution in [0.2, 0.25) is 0 Å². The van der Waals surface area contributed by atoms with Crippen molar-refractivity contribution in [3.05, 3.63) is 27.6 Å². The van der Waals surface area contributed by atoms with E-state index in [1.165, 1.54) is 0 Å². The van der Waals surface area contributed by atoms with Gasteiger partial charge in [0.2, 0.25) is 0 Å². The van der Waals surface area contributed by atoms with E-state index in [1.807, 2.05) is 55.4 Å². The van der Waals surface area contributed by atoms with Crippen LogP contribution in [0.4, 0.5) is 0 Å². The van der Waals surface area contributed by atoms with Gasteiger partial charge in [0.05, 0.1) is 0 Å². The summed E-state index contributed by atoms with van der Waals surface area (Å²) in [5.74, 6) is 1.50. The van der Waals surface area contributed by atoms with Gasteiger partial charge in [-0.05, 0) is 13.8 Å². The van der Waals surface area contributed by atoms with E-state index in [2.05, 4.69) is 31.1 Å². The van der Waals surface area contributed by atoms with Crippen molar-refractivity contribution in [2.45, 2.75) is 55.4 Å². The van der Waals surface area contributed by atoms with Crippen molar-refractivity contribution in [3.8, 4) is 0 Å². The zero-order valence-electron chi connectivity index (χ0n) is 16.4. The Morgan fingerprint density at radius 2 is 1.00 bits per heavy atom. The molecule has 0 unspecified atom stereocenters. The zero-order chi connectivity index (χ0) is 17.6. The van der Waals surface area contributed by atoms with Gasteiger partial charge in [-0.25, -0.2) is 0 Å². The minimum Gasteiger partial charge on any atom is -0.663 e. The van der Waals surface area contributed by atoms with E-state index in [1.54, 1.807) is 0 Å². The van der Waals surface area contributed by atoms with E-state index in [9.17, 15) is 0 Å². The molecule has 0 N–H and O–H groups in total. The molecular weight excluding hydrogens is 324 g/mol. The molecule has 0 amide bonds. The largest absolute Gasteiger partial charge is 4.00 e. The Morgan fingerprint density at radius 1 is 0.696 bits per heavy atom. The molecule has 0 aliphatic rings. The monoisotopic (exact) mass is 360 g/mol. The number of hydrogen-bond acceptors (Lipinski definition) is 2. The molecule has 0 aromatic carbocycles. The van der Waals surface area contributed by atoms with Gasteiger partial charge in [-0.2, -0.15) is 39.3 Å². The summed E-state index contributed by atoms with van der Waals surface area (Å²) in [7, 11) is 0. The second-order valence-corrected chi connectivity index (χ2v) is 3.97. The van der Waals surface area contributed by atoms with Gasteiger partial charge in [0.25, 0.3) is 0 Å².